The van der Waals surface area contributed by atoms with Crippen LogP contribution in [0.25, 0.3) is 0 Å². The molecule has 0 bridgehead atoms. The highest BCUT2D eigenvalue weighted by Gasteiger charge is 2.04. The summed E-state index contributed by atoms with van der Waals surface area (Å²) in [6.07, 6.45) is 0.859. The Balaban J connectivity index is 2.93. The van der Waals surface area contributed by atoms with E-state index in [9.17, 15) is 4.79 Å². The smallest absolute Gasteiger partial charge is 0.150 e. The Hall–Kier alpha value is -1.02. The molecule has 1 aromatic carbocycles. The van der Waals surface area contributed by atoms with Gasteiger partial charge in [0.05, 0.1) is 0 Å². The number of aryl methyl sites for hydroxylation is 1. The lowest BCUT2D eigenvalue weighted by Crippen LogP contribution is -2.20. The average molecular weight is 212 g/mol. The molecule has 0 fully saturated rings. The third-order valence-electron chi connectivity index (χ3n) is 2.19. The van der Waals surface area contributed by atoms with Crippen LogP contribution in [0.1, 0.15) is 15.9 Å². The highest BCUT2D eigenvalue weighted by atomic mass is 35.5. The summed E-state index contributed by atoms with van der Waals surface area (Å²) in [5.74, 6) is 0.603. The van der Waals surface area contributed by atoms with Gasteiger partial charge in [-0.2, -0.15) is 0 Å². The van der Waals surface area contributed by atoms with Crippen LogP contribution in [-0.4, -0.2) is 25.8 Å². The summed E-state index contributed by atoms with van der Waals surface area (Å²) >= 11 is 5.66. The number of aldehydes is 1. The molecule has 0 aliphatic carbocycles. The number of carbonyl (C=O) groups is 1. The second-order valence-corrected chi connectivity index (χ2v) is 3.65. The Kier molecular flexibility index (Phi) is 3.96. The van der Waals surface area contributed by atoms with Crippen LogP contribution in [-0.2, 0) is 0 Å². The fraction of sp³-hybridized carbons (Fsp3) is 0.364. The van der Waals surface area contributed by atoms with Crippen molar-refractivity contribution in [2.45, 2.75) is 6.92 Å². The molecule has 0 saturated carbocycles. The van der Waals surface area contributed by atoms with E-state index in [-0.39, 0.29) is 0 Å². The number of halogens is 1. The lowest BCUT2D eigenvalue weighted by molar-refractivity contribution is 0.112. The number of hydrogen-bond donors (Lipinski definition) is 0. The summed E-state index contributed by atoms with van der Waals surface area (Å²) in [6, 6.07) is 5.65. The zero-order chi connectivity index (χ0) is 10.6. The predicted octanol–water partition coefficient (Wildman–Crippen LogP) is 2.48. The summed E-state index contributed by atoms with van der Waals surface area (Å²) in [4.78, 5) is 12.6. The van der Waals surface area contributed by atoms with Crippen molar-refractivity contribution >= 4 is 23.6 Å². The van der Waals surface area contributed by atoms with Crippen LogP contribution >= 0.6 is 11.6 Å². The van der Waals surface area contributed by atoms with E-state index in [4.69, 9.17) is 11.6 Å². The van der Waals surface area contributed by atoms with Gasteiger partial charge in [-0.15, -0.1) is 11.6 Å². The number of carbonyl (C=O) groups excluding carboxylic acids is 1. The van der Waals surface area contributed by atoms with E-state index in [1.165, 1.54) is 0 Å². The van der Waals surface area contributed by atoms with Crippen LogP contribution in [0, 0.1) is 6.92 Å². The Morgan fingerprint density at radius 1 is 1.50 bits per heavy atom. The van der Waals surface area contributed by atoms with Crippen molar-refractivity contribution < 1.29 is 4.79 Å². The lowest BCUT2D eigenvalue weighted by Gasteiger charge is -2.20. The van der Waals surface area contributed by atoms with Gasteiger partial charge in [-0.3, -0.25) is 4.79 Å². The van der Waals surface area contributed by atoms with Crippen LogP contribution in [0.2, 0.25) is 0 Å². The third kappa shape index (κ3) is 2.48. The van der Waals surface area contributed by atoms with Crippen LogP contribution in [0.4, 0.5) is 5.69 Å². The molecule has 14 heavy (non-hydrogen) atoms. The predicted molar refractivity (Wildman–Crippen MR) is 60.6 cm³/mol. The number of benzene rings is 1. The normalized spacial score (nSPS) is 9.93. The SMILES string of the molecule is Cc1cc(C=O)ccc1N(C)CCCl. The summed E-state index contributed by atoms with van der Waals surface area (Å²) in [5, 5.41) is 0. The Morgan fingerprint density at radius 2 is 2.21 bits per heavy atom. The maximum Gasteiger partial charge on any atom is 0.150 e. The second-order valence-electron chi connectivity index (χ2n) is 3.27. The molecule has 0 N–H and O–H groups in total. The quantitative estimate of drug-likeness (QED) is 0.564. The van der Waals surface area contributed by atoms with E-state index in [0.29, 0.717) is 11.4 Å². The van der Waals surface area contributed by atoms with Crippen molar-refractivity contribution in [2.24, 2.45) is 0 Å². The highest BCUT2D eigenvalue weighted by molar-refractivity contribution is 6.18. The van der Waals surface area contributed by atoms with Crippen LogP contribution in [0.15, 0.2) is 18.2 Å². The molecule has 2 nitrogen and oxygen atoms in total. The Labute approximate surface area is 89.5 Å². The molecule has 0 radical (unpaired) electrons. The van der Waals surface area contributed by atoms with Crippen LogP contribution in [0.5, 0.6) is 0 Å². The zero-order valence-electron chi connectivity index (χ0n) is 8.46. The van der Waals surface area contributed by atoms with E-state index in [1.54, 1.807) is 0 Å². The topological polar surface area (TPSA) is 20.3 Å². The first-order chi connectivity index (χ1) is 6.69. The fourth-order valence-corrected chi connectivity index (χ4v) is 1.68. The molecule has 0 amide bonds. The maximum absolute atomic E-state index is 10.5. The molecule has 3 heteroatoms. The van der Waals surface area contributed by atoms with Crippen molar-refractivity contribution in [3.8, 4) is 0 Å². The molecule has 0 spiro atoms. The highest BCUT2D eigenvalue weighted by Crippen LogP contribution is 2.19. The van der Waals surface area contributed by atoms with Crippen molar-refractivity contribution in [1.29, 1.82) is 0 Å². The first-order valence-corrected chi connectivity index (χ1v) is 5.05. The van der Waals surface area contributed by atoms with Gasteiger partial charge in [-0.1, -0.05) is 0 Å². The Bertz CT molecular complexity index is 325. The Morgan fingerprint density at radius 3 is 2.71 bits per heavy atom. The molecule has 1 aromatic rings. The van der Waals surface area contributed by atoms with E-state index in [1.807, 2.05) is 32.2 Å². The molecular formula is C11H14ClNO. The van der Waals surface area contributed by atoms with Gasteiger partial charge in [0.15, 0.2) is 0 Å². The number of rotatable bonds is 4. The lowest BCUT2D eigenvalue weighted by atomic mass is 10.1. The van der Waals surface area contributed by atoms with Gasteiger partial charge in [0, 0.05) is 30.7 Å². The van der Waals surface area contributed by atoms with E-state index in [0.717, 1.165) is 24.1 Å². The standard InChI is InChI=1S/C11H14ClNO/c1-9-7-10(8-14)3-4-11(9)13(2)6-5-12/h3-4,7-8H,5-6H2,1-2H3. The molecule has 0 atom stereocenters. The minimum atomic E-state index is 0.603. The first-order valence-electron chi connectivity index (χ1n) is 4.52. The number of hydrogen-bond acceptors (Lipinski definition) is 2. The summed E-state index contributed by atoms with van der Waals surface area (Å²) in [5.41, 5.74) is 2.93. The summed E-state index contributed by atoms with van der Waals surface area (Å²) < 4.78 is 0. The van der Waals surface area contributed by atoms with Gasteiger partial charge in [0.2, 0.25) is 0 Å². The van der Waals surface area contributed by atoms with Crippen molar-refractivity contribution in [3.63, 3.8) is 0 Å². The van der Waals surface area contributed by atoms with Crippen molar-refractivity contribution in [1.82, 2.24) is 0 Å². The molecule has 0 aliphatic rings. The molecule has 1 rings (SSSR count). The largest absolute Gasteiger partial charge is 0.373 e. The first kappa shape index (κ1) is 11.1. The van der Waals surface area contributed by atoms with E-state index >= 15 is 0 Å². The van der Waals surface area contributed by atoms with Crippen molar-refractivity contribution in [2.75, 3.05) is 24.4 Å². The third-order valence-corrected chi connectivity index (χ3v) is 2.36. The van der Waals surface area contributed by atoms with Gasteiger partial charge >= 0.3 is 0 Å². The van der Waals surface area contributed by atoms with Gasteiger partial charge in [-0.05, 0) is 30.7 Å². The maximum atomic E-state index is 10.5. The van der Waals surface area contributed by atoms with E-state index < -0.39 is 0 Å². The van der Waals surface area contributed by atoms with Crippen molar-refractivity contribution in [3.05, 3.63) is 29.3 Å². The molecule has 76 valence electrons. The summed E-state index contributed by atoms with van der Waals surface area (Å²) in [6.45, 7) is 2.80. The minimum Gasteiger partial charge on any atom is -0.373 e. The fourth-order valence-electron chi connectivity index (χ4n) is 1.43. The number of anilines is 1. The zero-order valence-corrected chi connectivity index (χ0v) is 9.21. The van der Waals surface area contributed by atoms with Gasteiger partial charge in [0.25, 0.3) is 0 Å². The van der Waals surface area contributed by atoms with E-state index in [2.05, 4.69) is 4.90 Å². The molecule has 0 aromatic heterocycles. The van der Waals surface area contributed by atoms with Crippen LogP contribution < -0.4 is 4.90 Å². The monoisotopic (exact) mass is 211 g/mol. The molecule has 0 aliphatic heterocycles. The van der Waals surface area contributed by atoms with Gasteiger partial charge in [0.1, 0.15) is 6.29 Å². The van der Waals surface area contributed by atoms with Gasteiger partial charge in [-0.25, -0.2) is 0 Å². The number of nitrogens with zero attached hydrogens (tertiary/aromatic N) is 1. The summed E-state index contributed by atoms with van der Waals surface area (Å²) in [7, 11) is 1.99. The second kappa shape index (κ2) is 5.01. The van der Waals surface area contributed by atoms with Gasteiger partial charge < -0.3 is 4.90 Å². The average Bonchev–Trinajstić information content (AvgIpc) is 2.17. The minimum absolute atomic E-state index is 0.603. The number of alkyl halides is 1. The molecule has 0 heterocycles. The van der Waals surface area contributed by atoms with Crippen LogP contribution in [0.3, 0.4) is 0 Å². The molecule has 0 unspecified atom stereocenters. The molecule has 0 saturated heterocycles. The molecular weight excluding hydrogens is 198 g/mol.